The number of hydrogen-bond donors (Lipinski definition) is 1. The highest BCUT2D eigenvalue weighted by Gasteiger charge is 2.56. The number of hydrogen-bond acceptors (Lipinski definition) is 5. The molecule has 1 aliphatic heterocycles. The number of benzene rings is 2. The zero-order valence-corrected chi connectivity index (χ0v) is 14.2. The van der Waals surface area contributed by atoms with Crippen molar-refractivity contribution in [2.24, 2.45) is 0 Å². The number of nitrogens with one attached hydrogen (secondary N) is 1. The predicted molar refractivity (Wildman–Crippen MR) is 92.7 cm³/mol. The third-order valence-electron chi connectivity index (χ3n) is 4.98. The minimum atomic E-state index is -1.35. The number of ether oxygens (including phenoxy) is 2. The average Bonchev–Trinajstić information content (AvgIpc) is 2.85. The third kappa shape index (κ3) is 2.05. The van der Waals surface area contributed by atoms with Gasteiger partial charge in [-0.05, 0) is 36.6 Å². The van der Waals surface area contributed by atoms with E-state index in [4.69, 9.17) is 9.47 Å². The summed E-state index contributed by atoms with van der Waals surface area (Å²) in [7, 11) is 1.59. The Balaban J connectivity index is 1.95. The van der Waals surface area contributed by atoms with Crippen LogP contribution in [-0.4, -0.2) is 31.8 Å². The summed E-state index contributed by atoms with van der Waals surface area (Å²) in [6, 6.07) is 10.7. The Morgan fingerprint density at radius 2 is 1.76 bits per heavy atom. The van der Waals surface area contributed by atoms with Crippen LogP contribution in [0.15, 0.2) is 36.4 Å². The quantitative estimate of drug-likeness (QED) is 0.872. The van der Waals surface area contributed by atoms with E-state index in [0.29, 0.717) is 41.3 Å². The van der Waals surface area contributed by atoms with E-state index in [9.17, 15) is 9.59 Å². The van der Waals surface area contributed by atoms with Crippen LogP contribution >= 0.6 is 0 Å². The van der Waals surface area contributed by atoms with Gasteiger partial charge >= 0.3 is 0 Å². The normalized spacial score (nSPS) is 17.4. The Kier molecular flexibility index (Phi) is 3.62. The summed E-state index contributed by atoms with van der Waals surface area (Å²) in [5.74, 6) is 0.778. The summed E-state index contributed by atoms with van der Waals surface area (Å²) >= 11 is 0. The molecule has 0 saturated heterocycles. The maximum absolute atomic E-state index is 13.2. The molecule has 2 aliphatic rings. The van der Waals surface area contributed by atoms with Crippen molar-refractivity contribution in [1.29, 1.82) is 0 Å². The van der Waals surface area contributed by atoms with Crippen molar-refractivity contribution in [3.63, 3.8) is 0 Å². The van der Waals surface area contributed by atoms with Gasteiger partial charge in [0.05, 0.1) is 13.7 Å². The monoisotopic (exact) mass is 337 g/mol. The number of carbonyl (C=O) groups is 2. The van der Waals surface area contributed by atoms with Gasteiger partial charge in [0.2, 0.25) is 0 Å². The molecule has 5 heteroatoms. The van der Waals surface area contributed by atoms with Crippen LogP contribution in [0, 0.1) is 0 Å². The van der Waals surface area contributed by atoms with Crippen LogP contribution in [0.3, 0.4) is 0 Å². The summed E-state index contributed by atoms with van der Waals surface area (Å²) in [6.45, 7) is 2.90. The SMILES string of the molecule is CCOc1cc2c(cc1OC)CCNC21C(=O)c2ccccc2C1=O. The maximum Gasteiger partial charge on any atom is 0.196 e. The van der Waals surface area contributed by atoms with Crippen LogP contribution in [0.2, 0.25) is 0 Å². The molecule has 2 aromatic rings. The predicted octanol–water partition coefficient (Wildman–Crippen LogP) is 2.51. The highest BCUT2D eigenvalue weighted by atomic mass is 16.5. The van der Waals surface area contributed by atoms with Gasteiger partial charge < -0.3 is 9.47 Å². The molecule has 0 bridgehead atoms. The summed E-state index contributed by atoms with van der Waals surface area (Å²) in [5, 5.41) is 3.21. The number of fused-ring (bicyclic) bond motifs is 3. The highest BCUT2D eigenvalue weighted by molar-refractivity contribution is 6.33. The molecule has 0 radical (unpaired) electrons. The van der Waals surface area contributed by atoms with Crippen LogP contribution < -0.4 is 14.8 Å². The van der Waals surface area contributed by atoms with E-state index in [0.717, 1.165) is 12.0 Å². The fourth-order valence-corrected chi connectivity index (χ4v) is 3.86. The van der Waals surface area contributed by atoms with E-state index in [-0.39, 0.29) is 11.6 Å². The van der Waals surface area contributed by atoms with Gasteiger partial charge in [-0.25, -0.2) is 0 Å². The van der Waals surface area contributed by atoms with Crippen molar-refractivity contribution < 1.29 is 19.1 Å². The molecule has 1 aliphatic carbocycles. The molecule has 1 N–H and O–H groups in total. The van der Waals surface area contributed by atoms with Gasteiger partial charge in [0, 0.05) is 17.7 Å². The Morgan fingerprint density at radius 3 is 2.36 bits per heavy atom. The molecule has 0 unspecified atom stereocenters. The summed E-state index contributed by atoms with van der Waals surface area (Å²) in [6.07, 6.45) is 0.719. The first-order chi connectivity index (χ1) is 12.1. The van der Waals surface area contributed by atoms with Gasteiger partial charge in [0.1, 0.15) is 0 Å². The Bertz CT molecular complexity index is 852. The van der Waals surface area contributed by atoms with Crippen molar-refractivity contribution in [1.82, 2.24) is 5.32 Å². The number of Topliss-reactive ketones (excluding diaryl/α,β-unsaturated/α-hetero) is 2. The van der Waals surface area contributed by atoms with Crippen LogP contribution in [-0.2, 0) is 12.0 Å². The highest BCUT2D eigenvalue weighted by Crippen LogP contribution is 2.44. The van der Waals surface area contributed by atoms with Crippen LogP contribution in [0.4, 0.5) is 0 Å². The second kappa shape index (κ2) is 5.70. The van der Waals surface area contributed by atoms with E-state index in [1.807, 2.05) is 13.0 Å². The zero-order chi connectivity index (χ0) is 17.6. The molecule has 1 heterocycles. The smallest absolute Gasteiger partial charge is 0.196 e. The average molecular weight is 337 g/mol. The fourth-order valence-electron chi connectivity index (χ4n) is 3.86. The molecule has 25 heavy (non-hydrogen) atoms. The maximum atomic E-state index is 13.2. The largest absolute Gasteiger partial charge is 0.493 e. The summed E-state index contributed by atoms with van der Waals surface area (Å²) in [4.78, 5) is 26.4. The minimum absolute atomic E-state index is 0.193. The van der Waals surface area contributed by atoms with E-state index in [1.54, 1.807) is 37.4 Å². The second-order valence-electron chi connectivity index (χ2n) is 6.22. The van der Waals surface area contributed by atoms with Crippen molar-refractivity contribution in [2.75, 3.05) is 20.3 Å². The fraction of sp³-hybridized carbons (Fsp3) is 0.300. The van der Waals surface area contributed by atoms with E-state index in [1.165, 1.54) is 0 Å². The molecular formula is C20H19NO4. The van der Waals surface area contributed by atoms with Crippen LogP contribution in [0.1, 0.15) is 38.8 Å². The molecule has 4 rings (SSSR count). The van der Waals surface area contributed by atoms with E-state index in [2.05, 4.69) is 5.32 Å². The minimum Gasteiger partial charge on any atom is -0.493 e. The van der Waals surface area contributed by atoms with Crippen molar-refractivity contribution in [2.45, 2.75) is 18.9 Å². The summed E-state index contributed by atoms with van der Waals surface area (Å²) < 4.78 is 11.1. The third-order valence-corrected chi connectivity index (χ3v) is 4.98. The lowest BCUT2D eigenvalue weighted by Crippen LogP contribution is -2.55. The molecule has 2 aromatic carbocycles. The van der Waals surface area contributed by atoms with Gasteiger partial charge in [-0.2, -0.15) is 0 Å². The molecule has 5 nitrogen and oxygen atoms in total. The lowest BCUT2D eigenvalue weighted by atomic mass is 9.78. The van der Waals surface area contributed by atoms with Crippen molar-refractivity contribution >= 4 is 11.6 Å². The summed E-state index contributed by atoms with van der Waals surface area (Å²) in [5.41, 5.74) is 1.21. The van der Waals surface area contributed by atoms with Gasteiger partial charge in [-0.3, -0.25) is 14.9 Å². The molecular weight excluding hydrogens is 318 g/mol. The lowest BCUT2D eigenvalue weighted by molar-refractivity contribution is 0.0746. The van der Waals surface area contributed by atoms with Gasteiger partial charge in [0.25, 0.3) is 0 Å². The first-order valence-corrected chi connectivity index (χ1v) is 8.41. The molecule has 0 aromatic heterocycles. The molecule has 0 atom stereocenters. The van der Waals surface area contributed by atoms with E-state index >= 15 is 0 Å². The number of methoxy groups -OCH3 is 1. The second-order valence-corrected chi connectivity index (χ2v) is 6.22. The standard InChI is InChI=1S/C20H19NO4/c1-3-25-17-11-15-12(10-16(17)24-2)8-9-21-20(15)18(22)13-6-4-5-7-14(13)19(20)23/h4-7,10-11,21H,3,8-9H2,1-2H3. The lowest BCUT2D eigenvalue weighted by Gasteiger charge is -2.34. The van der Waals surface area contributed by atoms with Gasteiger partial charge in [-0.15, -0.1) is 0 Å². The zero-order valence-electron chi connectivity index (χ0n) is 14.2. The number of rotatable bonds is 3. The first kappa shape index (κ1) is 15.8. The molecule has 0 fully saturated rings. The van der Waals surface area contributed by atoms with Crippen molar-refractivity contribution in [3.05, 3.63) is 58.7 Å². The molecule has 128 valence electrons. The van der Waals surface area contributed by atoms with Gasteiger partial charge in [0.15, 0.2) is 28.6 Å². The Labute approximate surface area is 145 Å². The molecule has 0 amide bonds. The van der Waals surface area contributed by atoms with E-state index < -0.39 is 5.54 Å². The van der Waals surface area contributed by atoms with Gasteiger partial charge in [-0.1, -0.05) is 24.3 Å². The number of ketones is 2. The molecule has 1 spiro atoms. The Hall–Kier alpha value is -2.66. The Morgan fingerprint density at radius 1 is 1.08 bits per heavy atom. The van der Waals surface area contributed by atoms with Crippen LogP contribution in [0.25, 0.3) is 0 Å². The molecule has 0 saturated carbocycles. The number of carbonyl (C=O) groups excluding carboxylic acids is 2. The topological polar surface area (TPSA) is 64.6 Å². The van der Waals surface area contributed by atoms with Crippen LogP contribution in [0.5, 0.6) is 11.5 Å². The van der Waals surface area contributed by atoms with Crippen molar-refractivity contribution in [3.8, 4) is 11.5 Å². The first-order valence-electron chi connectivity index (χ1n) is 8.41.